The Morgan fingerprint density at radius 2 is 1.65 bits per heavy atom. The van der Waals surface area contributed by atoms with Crippen molar-refractivity contribution >= 4 is 11.7 Å². The molecule has 0 saturated carbocycles. The number of aromatic nitrogens is 1. The highest BCUT2D eigenvalue weighted by molar-refractivity contribution is 5.79. The fraction of sp³-hybridized carbons (Fsp3) is 0.480. The van der Waals surface area contributed by atoms with Crippen LogP contribution in [0.1, 0.15) is 36.0 Å². The molecule has 0 spiro atoms. The lowest BCUT2D eigenvalue weighted by molar-refractivity contribution is -0.132. The maximum Gasteiger partial charge on any atom is 0.236 e. The van der Waals surface area contributed by atoms with Crippen molar-refractivity contribution in [3.63, 3.8) is 0 Å². The lowest BCUT2D eigenvalue weighted by Gasteiger charge is -2.37. The Bertz CT molecular complexity index is 999. The van der Waals surface area contributed by atoms with Crippen LogP contribution < -0.4 is 4.90 Å². The number of pyridine rings is 1. The smallest absolute Gasteiger partial charge is 0.236 e. The molecule has 3 heterocycles. The van der Waals surface area contributed by atoms with E-state index >= 15 is 0 Å². The van der Waals surface area contributed by atoms with Gasteiger partial charge < -0.3 is 9.80 Å². The maximum atomic E-state index is 12.7. The van der Waals surface area contributed by atoms with Crippen molar-refractivity contribution in [3.8, 4) is 17.3 Å². The first-order valence-electron chi connectivity index (χ1n) is 11.5. The Labute approximate surface area is 184 Å². The Morgan fingerprint density at radius 3 is 2.35 bits per heavy atom. The molecule has 1 aliphatic carbocycles. The number of nitriles is 1. The van der Waals surface area contributed by atoms with Crippen molar-refractivity contribution in [2.45, 2.75) is 32.1 Å². The minimum atomic E-state index is 0.231. The number of likely N-dealkylation sites (tertiary alicyclic amines) is 1. The van der Waals surface area contributed by atoms with Gasteiger partial charge in [0.05, 0.1) is 17.8 Å². The van der Waals surface area contributed by atoms with Gasteiger partial charge in [-0.25, -0.2) is 4.98 Å². The van der Waals surface area contributed by atoms with E-state index in [0.29, 0.717) is 19.6 Å². The van der Waals surface area contributed by atoms with Gasteiger partial charge in [0, 0.05) is 31.7 Å². The number of benzene rings is 1. The van der Waals surface area contributed by atoms with Gasteiger partial charge in [-0.15, -0.1) is 0 Å². The molecule has 160 valence electrons. The van der Waals surface area contributed by atoms with Crippen LogP contribution in [0.3, 0.4) is 0 Å². The molecular formula is C25H29N5O. The number of hydrogen-bond donors (Lipinski definition) is 0. The molecule has 2 aromatic rings. The van der Waals surface area contributed by atoms with E-state index in [0.717, 1.165) is 68.1 Å². The zero-order valence-corrected chi connectivity index (χ0v) is 18.0. The number of hydrogen-bond acceptors (Lipinski definition) is 5. The number of rotatable bonds is 4. The lowest BCUT2D eigenvalue weighted by atomic mass is 9.98. The van der Waals surface area contributed by atoms with Crippen molar-refractivity contribution in [1.29, 1.82) is 5.26 Å². The minimum Gasteiger partial charge on any atom is -0.352 e. The van der Waals surface area contributed by atoms with Gasteiger partial charge in [-0.1, -0.05) is 30.3 Å². The molecule has 6 heteroatoms. The molecule has 0 N–H and O–H groups in total. The second-order valence-electron chi connectivity index (χ2n) is 8.80. The molecule has 31 heavy (non-hydrogen) atoms. The van der Waals surface area contributed by atoms with Crippen LogP contribution >= 0.6 is 0 Å². The minimum absolute atomic E-state index is 0.231. The average molecular weight is 416 g/mol. The van der Waals surface area contributed by atoms with Crippen LogP contribution in [0.25, 0.3) is 11.3 Å². The molecule has 0 radical (unpaired) electrons. The Hall–Kier alpha value is -2.91. The average Bonchev–Trinajstić information content (AvgIpc) is 3.51. The van der Waals surface area contributed by atoms with Crippen LogP contribution in [-0.4, -0.2) is 66.5 Å². The summed E-state index contributed by atoms with van der Waals surface area (Å²) in [7, 11) is 0. The summed E-state index contributed by atoms with van der Waals surface area (Å²) < 4.78 is 0. The topological polar surface area (TPSA) is 63.5 Å². The van der Waals surface area contributed by atoms with Crippen molar-refractivity contribution in [3.05, 3.63) is 47.0 Å². The van der Waals surface area contributed by atoms with Crippen LogP contribution in [0.5, 0.6) is 0 Å². The predicted molar refractivity (Wildman–Crippen MR) is 121 cm³/mol. The maximum absolute atomic E-state index is 12.7. The summed E-state index contributed by atoms with van der Waals surface area (Å²) in [4.78, 5) is 24.2. The van der Waals surface area contributed by atoms with E-state index in [1.807, 2.05) is 23.1 Å². The molecule has 0 unspecified atom stereocenters. The standard InChI is InChI=1S/C25H29N5O/c26-17-22-20-9-6-10-21(20)24(19-7-2-1-3-8-19)27-25(22)30-15-13-29(14-16-30)23(31)18-28-11-4-5-12-28/h1-3,7-8H,4-6,9-16,18H2. The van der Waals surface area contributed by atoms with Gasteiger partial charge in [0.25, 0.3) is 0 Å². The van der Waals surface area contributed by atoms with Crippen molar-refractivity contribution in [2.75, 3.05) is 50.7 Å². The largest absolute Gasteiger partial charge is 0.352 e. The van der Waals surface area contributed by atoms with Gasteiger partial charge in [0.1, 0.15) is 11.9 Å². The van der Waals surface area contributed by atoms with Gasteiger partial charge in [-0.05, 0) is 56.3 Å². The van der Waals surface area contributed by atoms with Gasteiger partial charge >= 0.3 is 0 Å². The van der Waals surface area contributed by atoms with Crippen molar-refractivity contribution in [2.24, 2.45) is 0 Å². The van der Waals surface area contributed by atoms with E-state index in [-0.39, 0.29) is 5.91 Å². The summed E-state index contributed by atoms with van der Waals surface area (Å²) in [6.07, 6.45) is 5.41. The first-order chi connectivity index (χ1) is 15.2. The van der Waals surface area contributed by atoms with Crippen LogP contribution in [-0.2, 0) is 17.6 Å². The number of piperazine rings is 1. The monoisotopic (exact) mass is 415 g/mol. The number of nitrogens with zero attached hydrogens (tertiary/aromatic N) is 5. The number of carbonyl (C=O) groups is 1. The molecule has 0 bridgehead atoms. The van der Waals surface area contributed by atoms with E-state index in [2.05, 4.69) is 28.0 Å². The summed E-state index contributed by atoms with van der Waals surface area (Å²) in [5.41, 5.74) is 5.30. The highest BCUT2D eigenvalue weighted by atomic mass is 16.2. The molecule has 3 aliphatic rings. The molecule has 0 atom stereocenters. The van der Waals surface area contributed by atoms with Crippen molar-refractivity contribution < 1.29 is 4.79 Å². The summed E-state index contributed by atoms with van der Waals surface area (Å²) in [6.45, 7) is 5.45. The van der Waals surface area contributed by atoms with Crippen molar-refractivity contribution in [1.82, 2.24) is 14.8 Å². The molecule has 2 aliphatic heterocycles. The molecule has 5 rings (SSSR count). The Kier molecular flexibility index (Phi) is 5.61. The third kappa shape index (κ3) is 3.90. The van der Waals surface area contributed by atoms with Gasteiger partial charge in [-0.2, -0.15) is 5.26 Å². The summed E-state index contributed by atoms with van der Waals surface area (Å²) in [5, 5.41) is 9.99. The Balaban J connectivity index is 1.38. The summed E-state index contributed by atoms with van der Waals surface area (Å²) in [5.74, 6) is 1.03. The highest BCUT2D eigenvalue weighted by Crippen LogP contribution is 2.37. The zero-order chi connectivity index (χ0) is 21.2. The third-order valence-corrected chi connectivity index (χ3v) is 6.90. The van der Waals surface area contributed by atoms with Gasteiger partial charge in [0.15, 0.2) is 0 Å². The number of amides is 1. The Morgan fingerprint density at radius 1 is 0.935 bits per heavy atom. The zero-order valence-electron chi connectivity index (χ0n) is 18.0. The SMILES string of the molecule is N#Cc1c(N2CCN(C(=O)CN3CCCC3)CC2)nc(-c2ccccc2)c2c1CCC2. The second kappa shape index (κ2) is 8.68. The fourth-order valence-electron chi connectivity index (χ4n) is 5.23. The number of carbonyl (C=O) groups excluding carboxylic acids is 1. The highest BCUT2D eigenvalue weighted by Gasteiger charge is 2.29. The third-order valence-electron chi connectivity index (χ3n) is 6.90. The van der Waals surface area contributed by atoms with Crippen LogP contribution in [0.2, 0.25) is 0 Å². The molecule has 1 aromatic carbocycles. The number of anilines is 1. The van der Waals surface area contributed by atoms with E-state index in [4.69, 9.17) is 4.98 Å². The van der Waals surface area contributed by atoms with Crippen LogP contribution in [0.15, 0.2) is 30.3 Å². The van der Waals surface area contributed by atoms with E-state index in [9.17, 15) is 10.1 Å². The first kappa shape index (κ1) is 20.0. The molecule has 1 amide bonds. The molecular weight excluding hydrogens is 386 g/mol. The van der Waals surface area contributed by atoms with Crippen LogP contribution in [0, 0.1) is 11.3 Å². The molecule has 6 nitrogen and oxygen atoms in total. The normalized spacial score (nSPS) is 18.8. The summed E-state index contributed by atoms with van der Waals surface area (Å²) in [6, 6.07) is 12.8. The van der Waals surface area contributed by atoms with E-state index in [1.165, 1.54) is 24.0 Å². The second-order valence-corrected chi connectivity index (χ2v) is 8.80. The van der Waals surface area contributed by atoms with Gasteiger partial charge in [-0.3, -0.25) is 9.69 Å². The van der Waals surface area contributed by atoms with E-state index < -0.39 is 0 Å². The van der Waals surface area contributed by atoms with E-state index in [1.54, 1.807) is 0 Å². The summed E-state index contributed by atoms with van der Waals surface area (Å²) >= 11 is 0. The molecule has 1 aromatic heterocycles. The molecule has 2 fully saturated rings. The predicted octanol–water partition coefficient (Wildman–Crippen LogP) is 2.85. The fourth-order valence-corrected chi connectivity index (χ4v) is 5.23. The lowest BCUT2D eigenvalue weighted by Crippen LogP contribution is -2.51. The number of fused-ring (bicyclic) bond motifs is 1. The van der Waals surface area contributed by atoms with Crippen LogP contribution in [0.4, 0.5) is 5.82 Å². The molecule has 2 saturated heterocycles. The quantitative estimate of drug-likeness (QED) is 0.768. The van der Waals surface area contributed by atoms with Gasteiger partial charge in [0.2, 0.25) is 5.91 Å². The first-order valence-corrected chi connectivity index (χ1v) is 11.5.